The number of aliphatic hydroxyl groups is 2. The summed E-state index contributed by atoms with van der Waals surface area (Å²) < 4.78 is 5.38. The maximum Gasteiger partial charge on any atom is 0.410 e. The van der Waals surface area contributed by atoms with Crippen LogP contribution in [0, 0.1) is 0 Å². The van der Waals surface area contributed by atoms with Crippen molar-refractivity contribution >= 4 is 6.09 Å². The molecule has 2 saturated heterocycles. The first kappa shape index (κ1) is 13.6. The van der Waals surface area contributed by atoms with E-state index < -0.39 is 23.9 Å². The molecule has 0 radical (unpaired) electrons. The number of hydrogen-bond donors (Lipinski definition) is 2. The van der Waals surface area contributed by atoms with E-state index in [0.717, 1.165) is 0 Å². The van der Waals surface area contributed by atoms with Gasteiger partial charge in [-0.25, -0.2) is 4.79 Å². The van der Waals surface area contributed by atoms with Crippen LogP contribution in [0.1, 0.15) is 46.5 Å². The lowest BCUT2D eigenvalue weighted by atomic mass is 9.81. The quantitative estimate of drug-likeness (QED) is 0.685. The van der Waals surface area contributed by atoms with Crippen LogP contribution < -0.4 is 0 Å². The number of hydrogen-bond acceptors (Lipinski definition) is 4. The van der Waals surface area contributed by atoms with E-state index in [-0.39, 0.29) is 12.1 Å². The third kappa shape index (κ3) is 2.62. The van der Waals surface area contributed by atoms with Gasteiger partial charge in [-0.2, -0.15) is 0 Å². The topological polar surface area (TPSA) is 70.0 Å². The highest BCUT2D eigenvalue weighted by molar-refractivity contribution is 5.69. The van der Waals surface area contributed by atoms with Gasteiger partial charge in [0.25, 0.3) is 0 Å². The molecule has 2 bridgehead atoms. The van der Waals surface area contributed by atoms with Crippen LogP contribution in [-0.2, 0) is 4.74 Å². The molecule has 0 aromatic rings. The van der Waals surface area contributed by atoms with Crippen LogP contribution in [-0.4, -0.2) is 51.1 Å². The molecule has 5 heteroatoms. The average molecular weight is 257 g/mol. The Bertz CT molecular complexity index is 307. The Hall–Kier alpha value is -0.810. The molecule has 2 aliphatic heterocycles. The lowest BCUT2D eigenvalue weighted by Gasteiger charge is -2.50. The van der Waals surface area contributed by atoms with Crippen molar-refractivity contribution in [2.75, 3.05) is 0 Å². The Kier molecular flexibility index (Phi) is 3.56. The van der Waals surface area contributed by atoms with Gasteiger partial charge in [0.05, 0.1) is 24.3 Å². The molecule has 0 spiro atoms. The van der Waals surface area contributed by atoms with E-state index >= 15 is 0 Å². The predicted molar refractivity (Wildman–Crippen MR) is 66.1 cm³/mol. The van der Waals surface area contributed by atoms with Crippen molar-refractivity contribution in [3.63, 3.8) is 0 Å². The third-order valence-electron chi connectivity index (χ3n) is 3.72. The standard InChI is InChI=1S/C13H23NO4/c1-13(2,3)18-12(17)14-8-4-6-10(15)9(14)5-7-11(8)16/h8-11,15-16H,4-7H2,1-3H3/t8-,9-,10-,11-/m1/s1. The van der Waals surface area contributed by atoms with E-state index in [4.69, 9.17) is 4.74 Å². The number of nitrogens with zero attached hydrogens (tertiary/aromatic N) is 1. The highest BCUT2D eigenvalue weighted by atomic mass is 16.6. The van der Waals surface area contributed by atoms with Gasteiger partial charge in [-0.05, 0) is 46.5 Å². The zero-order valence-electron chi connectivity index (χ0n) is 11.3. The summed E-state index contributed by atoms with van der Waals surface area (Å²) in [6, 6.07) is -0.413. The molecule has 0 saturated carbocycles. The summed E-state index contributed by atoms with van der Waals surface area (Å²) >= 11 is 0. The van der Waals surface area contributed by atoms with Crippen LogP contribution in [0.2, 0.25) is 0 Å². The van der Waals surface area contributed by atoms with Crippen molar-refractivity contribution < 1.29 is 19.7 Å². The van der Waals surface area contributed by atoms with Gasteiger partial charge in [0.1, 0.15) is 5.60 Å². The Morgan fingerprint density at radius 1 is 1.06 bits per heavy atom. The van der Waals surface area contributed by atoms with Crippen LogP contribution >= 0.6 is 0 Å². The second-order valence-electron chi connectivity index (χ2n) is 6.31. The molecular formula is C13H23NO4. The van der Waals surface area contributed by atoms with E-state index in [9.17, 15) is 15.0 Å². The third-order valence-corrected chi connectivity index (χ3v) is 3.72. The highest BCUT2D eigenvalue weighted by Crippen LogP contribution is 2.35. The first-order valence-electron chi connectivity index (χ1n) is 6.67. The lowest BCUT2D eigenvalue weighted by Crippen LogP contribution is -2.63. The number of carbonyl (C=O) groups is 1. The first-order chi connectivity index (χ1) is 8.29. The molecule has 2 heterocycles. The van der Waals surface area contributed by atoms with Crippen LogP contribution in [0.4, 0.5) is 4.79 Å². The molecule has 2 fully saturated rings. The van der Waals surface area contributed by atoms with Crippen LogP contribution in [0.3, 0.4) is 0 Å². The van der Waals surface area contributed by atoms with Crippen molar-refractivity contribution in [1.82, 2.24) is 4.90 Å². The van der Waals surface area contributed by atoms with Gasteiger partial charge in [-0.3, -0.25) is 4.90 Å². The van der Waals surface area contributed by atoms with Gasteiger partial charge >= 0.3 is 6.09 Å². The van der Waals surface area contributed by atoms with E-state index in [0.29, 0.717) is 25.7 Å². The second-order valence-corrected chi connectivity index (χ2v) is 6.31. The Labute approximate surface area is 108 Å². The van der Waals surface area contributed by atoms with Gasteiger partial charge in [0.2, 0.25) is 0 Å². The average Bonchev–Trinajstić information content (AvgIpc) is 2.23. The summed E-state index contributed by atoms with van der Waals surface area (Å²) in [6.45, 7) is 5.45. The molecule has 2 aliphatic rings. The summed E-state index contributed by atoms with van der Waals surface area (Å²) in [4.78, 5) is 13.8. The smallest absolute Gasteiger partial charge is 0.410 e. The molecule has 5 nitrogen and oxygen atoms in total. The fourth-order valence-corrected chi connectivity index (χ4v) is 2.93. The predicted octanol–water partition coefficient (Wildman–Crippen LogP) is 1.27. The maximum absolute atomic E-state index is 12.2. The molecule has 2 rings (SSSR count). The Morgan fingerprint density at radius 3 is 1.89 bits per heavy atom. The molecule has 0 unspecified atom stereocenters. The van der Waals surface area contributed by atoms with Crippen LogP contribution in [0.25, 0.3) is 0 Å². The van der Waals surface area contributed by atoms with E-state index in [1.165, 1.54) is 0 Å². The van der Waals surface area contributed by atoms with Gasteiger partial charge in [0, 0.05) is 0 Å². The molecule has 0 aromatic carbocycles. The molecule has 18 heavy (non-hydrogen) atoms. The number of carbonyl (C=O) groups excluding carboxylic acids is 1. The van der Waals surface area contributed by atoms with Crippen molar-refractivity contribution in [3.8, 4) is 0 Å². The van der Waals surface area contributed by atoms with Gasteiger partial charge in [-0.1, -0.05) is 0 Å². The minimum absolute atomic E-state index is 0.206. The highest BCUT2D eigenvalue weighted by Gasteiger charge is 2.47. The minimum Gasteiger partial charge on any atom is -0.444 e. The molecule has 0 aliphatic carbocycles. The minimum atomic E-state index is -0.557. The summed E-state index contributed by atoms with van der Waals surface area (Å²) in [7, 11) is 0. The summed E-state index contributed by atoms with van der Waals surface area (Å²) in [6.07, 6.45) is 1.14. The Morgan fingerprint density at radius 2 is 1.50 bits per heavy atom. The summed E-state index contributed by atoms with van der Waals surface area (Å²) in [5.41, 5.74) is -0.557. The molecule has 4 atom stereocenters. The number of ether oxygens (including phenoxy) is 1. The molecule has 104 valence electrons. The summed E-state index contributed by atoms with van der Waals surface area (Å²) in [5, 5.41) is 20.0. The van der Waals surface area contributed by atoms with Gasteiger partial charge in [0.15, 0.2) is 0 Å². The zero-order valence-corrected chi connectivity index (χ0v) is 11.3. The SMILES string of the molecule is CC(C)(C)OC(=O)N1[C@@H]2CC[C@@H](O)[C@H]1CC[C@H]2O. The fraction of sp³-hybridized carbons (Fsp3) is 0.923. The largest absolute Gasteiger partial charge is 0.444 e. The number of fused-ring (bicyclic) bond motifs is 2. The monoisotopic (exact) mass is 257 g/mol. The maximum atomic E-state index is 12.2. The van der Waals surface area contributed by atoms with Crippen molar-refractivity contribution in [3.05, 3.63) is 0 Å². The van der Waals surface area contributed by atoms with Crippen molar-refractivity contribution in [2.24, 2.45) is 0 Å². The molecule has 2 N–H and O–H groups in total. The normalized spacial score (nSPS) is 36.4. The van der Waals surface area contributed by atoms with Crippen LogP contribution in [0.15, 0.2) is 0 Å². The van der Waals surface area contributed by atoms with E-state index in [2.05, 4.69) is 0 Å². The summed E-state index contributed by atoms with van der Waals surface area (Å²) in [5.74, 6) is 0. The van der Waals surface area contributed by atoms with E-state index in [1.807, 2.05) is 20.8 Å². The van der Waals surface area contributed by atoms with Crippen molar-refractivity contribution in [1.29, 1.82) is 0 Å². The van der Waals surface area contributed by atoms with E-state index in [1.54, 1.807) is 4.90 Å². The van der Waals surface area contributed by atoms with Gasteiger partial charge in [-0.15, -0.1) is 0 Å². The molecule has 0 aromatic heterocycles. The first-order valence-corrected chi connectivity index (χ1v) is 6.67. The lowest BCUT2D eigenvalue weighted by molar-refractivity contribution is -0.0981. The number of piperidine rings is 2. The fourth-order valence-electron chi connectivity index (χ4n) is 2.93. The number of rotatable bonds is 0. The Balaban J connectivity index is 2.16. The number of aliphatic hydroxyl groups excluding tert-OH is 2. The zero-order chi connectivity index (χ0) is 13.5. The van der Waals surface area contributed by atoms with Gasteiger partial charge < -0.3 is 14.9 Å². The van der Waals surface area contributed by atoms with Crippen molar-refractivity contribution in [2.45, 2.75) is 76.3 Å². The second kappa shape index (κ2) is 4.70. The van der Waals surface area contributed by atoms with Crippen LogP contribution in [0.5, 0.6) is 0 Å². The number of amides is 1. The molecular weight excluding hydrogens is 234 g/mol. The molecule has 1 amide bonds.